The number of aryl methyl sites for hydroxylation is 1. The summed E-state index contributed by atoms with van der Waals surface area (Å²) in [5.41, 5.74) is 1.47. The van der Waals surface area contributed by atoms with Crippen molar-refractivity contribution in [1.82, 2.24) is 14.8 Å². The molecule has 5 heteroatoms. The first-order chi connectivity index (χ1) is 12.7. The number of pyridine rings is 1. The largest absolute Gasteiger partial charge is 0.376 e. The van der Waals surface area contributed by atoms with Crippen molar-refractivity contribution in [3.05, 3.63) is 30.1 Å². The maximum Gasteiger partial charge on any atom is 0.222 e. The lowest BCUT2D eigenvalue weighted by molar-refractivity contribution is -0.133. The summed E-state index contributed by atoms with van der Waals surface area (Å²) in [4.78, 5) is 21.3. The third-order valence-electron chi connectivity index (χ3n) is 6.47. The van der Waals surface area contributed by atoms with Gasteiger partial charge in [0, 0.05) is 38.4 Å². The summed E-state index contributed by atoms with van der Waals surface area (Å²) in [6, 6.07) is 3.98. The van der Waals surface area contributed by atoms with E-state index in [0.29, 0.717) is 17.9 Å². The topological polar surface area (TPSA) is 45.7 Å². The first-order valence-corrected chi connectivity index (χ1v) is 10.2. The molecule has 1 aromatic heterocycles. The smallest absolute Gasteiger partial charge is 0.222 e. The summed E-state index contributed by atoms with van der Waals surface area (Å²) in [5.74, 6) is 0.288. The minimum Gasteiger partial charge on any atom is -0.376 e. The SMILES string of the molecule is O=C(CCc1cccnc1)N1CCC2(CC1)COC(CN1CCCC1)C2. The van der Waals surface area contributed by atoms with E-state index in [-0.39, 0.29) is 5.91 Å². The average molecular weight is 357 g/mol. The van der Waals surface area contributed by atoms with E-state index in [1.165, 1.54) is 32.4 Å². The zero-order valence-electron chi connectivity index (χ0n) is 15.7. The first kappa shape index (κ1) is 17.9. The molecule has 3 fully saturated rings. The minimum absolute atomic E-state index is 0.288. The molecule has 1 atom stereocenters. The van der Waals surface area contributed by atoms with Crippen molar-refractivity contribution in [3.8, 4) is 0 Å². The van der Waals surface area contributed by atoms with Crippen molar-refractivity contribution in [2.75, 3.05) is 39.3 Å². The molecule has 3 aliphatic heterocycles. The lowest BCUT2D eigenvalue weighted by Gasteiger charge is -2.38. The first-order valence-electron chi connectivity index (χ1n) is 10.2. The zero-order chi connectivity index (χ0) is 17.8. The Balaban J connectivity index is 1.21. The monoisotopic (exact) mass is 357 g/mol. The molecule has 1 aromatic rings. The van der Waals surface area contributed by atoms with Gasteiger partial charge < -0.3 is 14.5 Å². The van der Waals surface area contributed by atoms with Crippen LogP contribution in [0.25, 0.3) is 0 Å². The van der Waals surface area contributed by atoms with Crippen molar-refractivity contribution in [2.45, 2.75) is 51.0 Å². The molecule has 0 saturated carbocycles. The van der Waals surface area contributed by atoms with Gasteiger partial charge in [0.1, 0.15) is 0 Å². The summed E-state index contributed by atoms with van der Waals surface area (Å²) in [5, 5.41) is 0. The molecule has 26 heavy (non-hydrogen) atoms. The Bertz CT molecular complexity index is 593. The van der Waals surface area contributed by atoms with Crippen LogP contribution in [0.4, 0.5) is 0 Å². The summed E-state index contributed by atoms with van der Waals surface area (Å²) < 4.78 is 6.16. The van der Waals surface area contributed by atoms with Gasteiger partial charge >= 0.3 is 0 Å². The third-order valence-corrected chi connectivity index (χ3v) is 6.47. The summed E-state index contributed by atoms with van der Waals surface area (Å²) >= 11 is 0. The van der Waals surface area contributed by atoms with E-state index in [1.54, 1.807) is 6.20 Å². The second-order valence-corrected chi connectivity index (χ2v) is 8.39. The van der Waals surface area contributed by atoms with Crippen molar-refractivity contribution in [3.63, 3.8) is 0 Å². The van der Waals surface area contributed by atoms with Gasteiger partial charge in [-0.3, -0.25) is 9.78 Å². The number of hydrogen-bond donors (Lipinski definition) is 0. The second-order valence-electron chi connectivity index (χ2n) is 8.39. The Kier molecular flexibility index (Phi) is 5.55. The van der Waals surface area contributed by atoms with Gasteiger partial charge in [-0.15, -0.1) is 0 Å². The molecule has 0 aliphatic carbocycles. The van der Waals surface area contributed by atoms with Gasteiger partial charge in [-0.1, -0.05) is 6.07 Å². The molecule has 1 amide bonds. The molecule has 5 nitrogen and oxygen atoms in total. The molecule has 4 rings (SSSR count). The van der Waals surface area contributed by atoms with Crippen LogP contribution in [0.15, 0.2) is 24.5 Å². The highest BCUT2D eigenvalue weighted by Gasteiger charge is 2.43. The lowest BCUT2D eigenvalue weighted by atomic mass is 9.76. The van der Waals surface area contributed by atoms with Gasteiger partial charge in [-0.25, -0.2) is 0 Å². The molecule has 0 radical (unpaired) electrons. The molecule has 1 spiro atoms. The fourth-order valence-electron chi connectivity index (χ4n) is 4.80. The summed E-state index contributed by atoms with van der Waals surface area (Å²) in [6.07, 6.45) is 11.5. The second kappa shape index (κ2) is 8.05. The van der Waals surface area contributed by atoms with E-state index in [9.17, 15) is 4.79 Å². The molecular weight excluding hydrogens is 326 g/mol. The van der Waals surface area contributed by atoms with E-state index in [4.69, 9.17) is 4.74 Å². The van der Waals surface area contributed by atoms with Gasteiger partial charge in [0.2, 0.25) is 5.91 Å². The van der Waals surface area contributed by atoms with Gasteiger partial charge in [0.15, 0.2) is 0 Å². The minimum atomic E-state index is 0.288. The van der Waals surface area contributed by atoms with E-state index in [1.807, 2.05) is 18.3 Å². The molecule has 3 aliphatic rings. The number of aromatic nitrogens is 1. The van der Waals surface area contributed by atoms with Crippen LogP contribution in [0, 0.1) is 5.41 Å². The van der Waals surface area contributed by atoms with Crippen LogP contribution in [0.2, 0.25) is 0 Å². The third kappa shape index (κ3) is 4.26. The zero-order valence-corrected chi connectivity index (χ0v) is 15.7. The van der Waals surface area contributed by atoms with Crippen LogP contribution in [-0.4, -0.2) is 66.1 Å². The van der Waals surface area contributed by atoms with Crippen LogP contribution in [0.5, 0.6) is 0 Å². The summed E-state index contributed by atoms with van der Waals surface area (Å²) in [6.45, 7) is 6.27. The number of amides is 1. The van der Waals surface area contributed by atoms with E-state index >= 15 is 0 Å². The standard InChI is InChI=1S/C21H31N3O2/c25-20(6-5-18-4-3-9-22-15-18)24-12-7-21(8-13-24)14-19(26-17-21)16-23-10-1-2-11-23/h3-4,9,15,19H,1-2,5-8,10-14,16-17H2. The van der Waals surface area contributed by atoms with Gasteiger partial charge in [-0.2, -0.15) is 0 Å². The van der Waals surface area contributed by atoms with Crippen molar-refractivity contribution in [2.24, 2.45) is 5.41 Å². The van der Waals surface area contributed by atoms with Crippen LogP contribution < -0.4 is 0 Å². The highest BCUT2D eigenvalue weighted by molar-refractivity contribution is 5.76. The Hall–Kier alpha value is -1.46. The number of hydrogen-bond acceptors (Lipinski definition) is 4. The lowest BCUT2D eigenvalue weighted by Crippen LogP contribution is -2.43. The molecule has 0 bridgehead atoms. The Morgan fingerprint density at radius 1 is 1.23 bits per heavy atom. The van der Waals surface area contributed by atoms with Crippen molar-refractivity contribution < 1.29 is 9.53 Å². The number of carbonyl (C=O) groups is 1. The van der Waals surface area contributed by atoms with Crippen molar-refractivity contribution in [1.29, 1.82) is 0 Å². The number of likely N-dealkylation sites (tertiary alicyclic amines) is 2. The van der Waals surface area contributed by atoms with Crippen LogP contribution in [0.3, 0.4) is 0 Å². The maximum absolute atomic E-state index is 12.5. The molecule has 142 valence electrons. The van der Waals surface area contributed by atoms with Crippen LogP contribution in [0.1, 0.15) is 44.1 Å². The number of piperidine rings is 1. The van der Waals surface area contributed by atoms with Gasteiger partial charge in [0.05, 0.1) is 12.7 Å². The highest BCUT2D eigenvalue weighted by Crippen LogP contribution is 2.42. The number of nitrogens with zero attached hydrogens (tertiary/aromatic N) is 3. The van der Waals surface area contributed by atoms with E-state index in [2.05, 4.69) is 14.8 Å². The number of carbonyl (C=O) groups excluding carboxylic acids is 1. The predicted molar refractivity (Wildman–Crippen MR) is 101 cm³/mol. The Labute approximate surface area is 156 Å². The highest BCUT2D eigenvalue weighted by atomic mass is 16.5. The van der Waals surface area contributed by atoms with Crippen LogP contribution >= 0.6 is 0 Å². The Morgan fingerprint density at radius 2 is 2.04 bits per heavy atom. The fourth-order valence-corrected chi connectivity index (χ4v) is 4.80. The molecule has 0 N–H and O–H groups in total. The number of ether oxygens (including phenoxy) is 1. The van der Waals surface area contributed by atoms with Gasteiger partial charge in [-0.05, 0) is 68.7 Å². The molecule has 0 aromatic carbocycles. The maximum atomic E-state index is 12.5. The van der Waals surface area contributed by atoms with Crippen LogP contribution in [-0.2, 0) is 16.0 Å². The normalized spacial score (nSPS) is 25.8. The molecule has 1 unspecified atom stereocenters. The fraction of sp³-hybridized carbons (Fsp3) is 0.714. The Morgan fingerprint density at radius 3 is 2.77 bits per heavy atom. The average Bonchev–Trinajstić information content (AvgIpc) is 3.32. The quantitative estimate of drug-likeness (QED) is 0.812. The number of rotatable bonds is 5. The van der Waals surface area contributed by atoms with Gasteiger partial charge in [0.25, 0.3) is 0 Å². The summed E-state index contributed by atoms with van der Waals surface area (Å²) in [7, 11) is 0. The van der Waals surface area contributed by atoms with E-state index < -0.39 is 0 Å². The molecular formula is C21H31N3O2. The molecule has 4 heterocycles. The van der Waals surface area contributed by atoms with E-state index in [0.717, 1.165) is 51.1 Å². The predicted octanol–water partition coefficient (Wildman–Crippen LogP) is 2.51. The molecule has 3 saturated heterocycles. The van der Waals surface area contributed by atoms with Crippen molar-refractivity contribution >= 4 is 5.91 Å².